The Morgan fingerprint density at radius 3 is 1.78 bits per heavy atom. The fourth-order valence-corrected chi connectivity index (χ4v) is 1.18. The SMILES string of the molecule is CC(C)(C)C(=O)C(=O)C(O)C(O)C(O)C(O)CO. The van der Waals surface area contributed by atoms with Crippen molar-refractivity contribution in [3.63, 3.8) is 0 Å². The van der Waals surface area contributed by atoms with Crippen molar-refractivity contribution in [3.05, 3.63) is 0 Å². The molecule has 7 heteroatoms. The standard InChI is InChI=1S/C11H20O7/c1-11(2,3)10(18)9(17)8(16)7(15)6(14)5(13)4-12/h5-8,12-16H,4H2,1-3H3. The Morgan fingerprint density at radius 1 is 1.00 bits per heavy atom. The van der Waals surface area contributed by atoms with Crippen LogP contribution in [0.25, 0.3) is 0 Å². The van der Waals surface area contributed by atoms with Gasteiger partial charge in [0.1, 0.15) is 24.4 Å². The molecule has 5 N–H and O–H groups in total. The second kappa shape index (κ2) is 6.35. The van der Waals surface area contributed by atoms with Gasteiger partial charge in [0.2, 0.25) is 11.6 Å². The van der Waals surface area contributed by atoms with Gasteiger partial charge in [-0.15, -0.1) is 0 Å². The lowest BCUT2D eigenvalue weighted by molar-refractivity contribution is -0.157. The van der Waals surface area contributed by atoms with Gasteiger partial charge in [-0.25, -0.2) is 0 Å². The molecule has 4 unspecified atom stereocenters. The van der Waals surface area contributed by atoms with Gasteiger partial charge in [0.25, 0.3) is 0 Å². The zero-order valence-electron chi connectivity index (χ0n) is 10.6. The second-order valence-corrected chi connectivity index (χ2v) is 5.12. The molecule has 0 spiro atoms. The number of aliphatic hydroxyl groups is 5. The predicted molar refractivity (Wildman–Crippen MR) is 60.6 cm³/mol. The van der Waals surface area contributed by atoms with Crippen molar-refractivity contribution in [3.8, 4) is 0 Å². The van der Waals surface area contributed by atoms with E-state index >= 15 is 0 Å². The van der Waals surface area contributed by atoms with E-state index in [9.17, 15) is 24.9 Å². The van der Waals surface area contributed by atoms with Crippen LogP contribution in [0.15, 0.2) is 0 Å². The van der Waals surface area contributed by atoms with Crippen LogP contribution in [-0.2, 0) is 9.59 Å². The lowest BCUT2D eigenvalue weighted by atomic mass is 9.85. The predicted octanol–water partition coefficient (Wildman–Crippen LogP) is -2.39. The molecule has 0 saturated carbocycles. The van der Waals surface area contributed by atoms with Crippen LogP contribution in [0.4, 0.5) is 0 Å². The maximum Gasteiger partial charge on any atom is 0.230 e. The molecule has 0 radical (unpaired) electrons. The van der Waals surface area contributed by atoms with Crippen LogP contribution in [-0.4, -0.2) is 68.1 Å². The van der Waals surface area contributed by atoms with E-state index in [0.29, 0.717) is 0 Å². The van der Waals surface area contributed by atoms with Crippen molar-refractivity contribution < 1.29 is 35.1 Å². The number of aliphatic hydroxyl groups excluding tert-OH is 5. The van der Waals surface area contributed by atoms with E-state index in [1.54, 1.807) is 0 Å². The Kier molecular flexibility index (Phi) is 6.05. The summed E-state index contributed by atoms with van der Waals surface area (Å²) < 4.78 is 0. The van der Waals surface area contributed by atoms with Crippen molar-refractivity contribution in [2.75, 3.05) is 6.61 Å². The van der Waals surface area contributed by atoms with Crippen LogP contribution in [0.1, 0.15) is 20.8 Å². The zero-order chi connectivity index (χ0) is 14.7. The quantitative estimate of drug-likeness (QED) is 0.338. The normalized spacial score (nSPS) is 18.9. The van der Waals surface area contributed by atoms with Crippen molar-refractivity contribution in [1.82, 2.24) is 0 Å². The van der Waals surface area contributed by atoms with Gasteiger partial charge < -0.3 is 25.5 Å². The molecule has 0 aliphatic rings. The first kappa shape index (κ1) is 17.1. The van der Waals surface area contributed by atoms with Crippen LogP contribution < -0.4 is 0 Å². The van der Waals surface area contributed by atoms with E-state index in [2.05, 4.69) is 0 Å². The Morgan fingerprint density at radius 2 is 1.44 bits per heavy atom. The average molecular weight is 264 g/mol. The summed E-state index contributed by atoms with van der Waals surface area (Å²) >= 11 is 0. The number of ketones is 2. The van der Waals surface area contributed by atoms with Crippen LogP contribution in [0, 0.1) is 5.41 Å². The number of Topliss-reactive ketones (excluding diaryl/α,β-unsaturated/α-hetero) is 2. The van der Waals surface area contributed by atoms with E-state index in [0.717, 1.165) is 0 Å². The zero-order valence-corrected chi connectivity index (χ0v) is 10.6. The summed E-state index contributed by atoms with van der Waals surface area (Å²) in [5, 5.41) is 45.8. The van der Waals surface area contributed by atoms with E-state index in [1.165, 1.54) is 20.8 Å². The second-order valence-electron chi connectivity index (χ2n) is 5.12. The lowest BCUT2D eigenvalue weighted by Crippen LogP contribution is -2.51. The molecule has 106 valence electrons. The van der Waals surface area contributed by atoms with E-state index in [4.69, 9.17) is 10.2 Å². The number of hydrogen-bond donors (Lipinski definition) is 5. The Bertz CT molecular complexity index is 307. The summed E-state index contributed by atoms with van der Waals surface area (Å²) in [6, 6.07) is 0. The van der Waals surface area contributed by atoms with Crippen molar-refractivity contribution in [1.29, 1.82) is 0 Å². The largest absolute Gasteiger partial charge is 0.394 e. The van der Waals surface area contributed by atoms with Gasteiger partial charge in [-0.3, -0.25) is 9.59 Å². The maximum absolute atomic E-state index is 11.6. The van der Waals surface area contributed by atoms with E-state index in [-0.39, 0.29) is 0 Å². The van der Waals surface area contributed by atoms with Crippen molar-refractivity contribution in [2.45, 2.75) is 45.2 Å². The molecule has 4 atom stereocenters. The summed E-state index contributed by atoms with van der Waals surface area (Å²) in [4.78, 5) is 23.1. The third kappa shape index (κ3) is 4.11. The molecular formula is C11H20O7. The molecule has 0 fully saturated rings. The summed E-state index contributed by atoms with van der Waals surface area (Å²) in [6.07, 6.45) is -7.84. The van der Waals surface area contributed by atoms with Gasteiger partial charge >= 0.3 is 0 Å². The number of hydrogen-bond acceptors (Lipinski definition) is 7. The fourth-order valence-electron chi connectivity index (χ4n) is 1.18. The van der Waals surface area contributed by atoms with Gasteiger partial charge in [-0.05, 0) is 0 Å². The van der Waals surface area contributed by atoms with Crippen LogP contribution in [0.2, 0.25) is 0 Å². The molecule has 0 aromatic carbocycles. The molecule has 0 amide bonds. The van der Waals surface area contributed by atoms with E-state index in [1.807, 2.05) is 0 Å². The molecule has 7 nitrogen and oxygen atoms in total. The average Bonchev–Trinajstić information content (AvgIpc) is 2.31. The first-order chi connectivity index (χ1) is 8.03. The molecule has 0 bridgehead atoms. The molecule has 0 aliphatic heterocycles. The highest BCUT2D eigenvalue weighted by atomic mass is 16.4. The van der Waals surface area contributed by atoms with Crippen LogP contribution in [0.3, 0.4) is 0 Å². The lowest BCUT2D eigenvalue weighted by Gasteiger charge is -2.26. The van der Waals surface area contributed by atoms with E-state index < -0.39 is 48.0 Å². The molecule has 0 rings (SSSR count). The van der Waals surface area contributed by atoms with Gasteiger partial charge in [0.15, 0.2) is 0 Å². The van der Waals surface area contributed by atoms with Crippen LogP contribution in [0.5, 0.6) is 0 Å². The molecular weight excluding hydrogens is 244 g/mol. The highest BCUT2D eigenvalue weighted by Crippen LogP contribution is 2.17. The van der Waals surface area contributed by atoms with Gasteiger partial charge in [-0.1, -0.05) is 20.8 Å². The van der Waals surface area contributed by atoms with Crippen LogP contribution >= 0.6 is 0 Å². The third-order valence-corrected chi connectivity index (χ3v) is 2.43. The monoisotopic (exact) mass is 264 g/mol. The molecule has 0 heterocycles. The highest BCUT2D eigenvalue weighted by Gasteiger charge is 2.39. The summed E-state index contributed by atoms with van der Waals surface area (Å²) in [5.74, 6) is -2.15. The molecule has 0 saturated heterocycles. The minimum atomic E-state index is -2.15. The van der Waals surface area contributed by atoms with Crippen molar-refractivity contribution >= 4 is 11.6 Å². The van der Waals surface area contributed by atoms with Gasteiger partial charge in [0.05, 0.1) is 6.61 Å². The molecule has 0 aromatic rings. The third-order valence-electron chi connectivity index (χ3n) is 2.43. The summed E-state index contributed by atoms with van der Waals surface area (Å²) in [7, 11) is 0. The number of carbonyl (C=O) groups excluding carboxylic acids is 2. The number of rotatable bonds is 6. The summed E-state index contributed by atoms with van der Waals surface area (Å²) in [5.41, 5.74) is -1.03. The Balaban J connectivity index is 4.80. The smallest absolute Gasteiger partial charge is 0.230 e. The Hall–Kier alpha value is -0.860. The molecule has 0 aliphatic carbocycles. The topological polar surface area (TPSA) is 135 Å². The van der Waals surface area contributed by atoms with Gasteiger partial charge in [-0.2, -0.15) is 0 Å². The fraction of sp³-hybridized carbons (Fsp3) is 0.818. The first-order valence-corrected chi connectivity index (χ1v) is 5.45. The molecule has 18 heavy (non-hydrogen) atoms. The summed E-state index contributed by atoms with van der Waals surface area (Å²) in [6.45, 7) is 3.54. The van der Waals surface area contributed by atoms with Gasteiger partial charge in [0, 0.05) is 5.41 Å². The Labute approximate surface area is 105 Å². The van der Waals surface area contributed by atoms with Crippen molar-refractivity contribution in [2.24, 2.45) is 5.41 Å². The maximum atomic E-state index is 11.6. The molecule has 0 aromatic heterocycles. The highest BCUT2D eigenvalue weighted by molar-refractivity contribution is 6.40. The number of carbonyl (C=O) groups is 2. The minimum Gasteiger partial charge on any atom is -0.394 e. The first-order valence-electron chi connectivity index (χ1n) is 5.45. The minimum absolute atomic E-state index is 0.855.